The number of carbonyl (C=O) groups is 2. The van der Waals surface area contributed by atoms with Gasteiger partial charge in [0.15, 0.2) is 0 Å². The van der Waals surface area contributed by atoms with Gasteiger partial charge in [0.1, 0.15) is 0 Å². The van der Waals surface area contributed by atoms with E-state index >= 15 is 0 Å². The van der Waals surface area contributed by atoms with Crippen LogP contribution in [0.4, 0.5) is 4.79 Å². The quantitative estimate of drug-likeness (QED) is 0.776. The highest BCUT2D eigenvalue weighted by molar-refractivity contribution is 6.30. The maximum absolute atomic E-state index is 12.2. The van der Waals surface area contributed by atoms with Gasteiger partial charge in [0.2, 0.25) is 0 Å². The van der Waals surface area contributed by atoms with Crippen LogP contribution < -0.4 is 10.9 Å². The number of carbonyl (C=O) groups excluding carboxylic acids is 2. The van der Waals surface area contributed by atoms with Gasteiger partial charge in [0.25, 0.3) is 5.91 Å². The van der Waals surface area contributed by atoms with E-state index in [4.69, 9.17) is 11.6 Å². The van der Waals surface area contributed by atoms with E-state index in [0.29, 0.717) is 23.7 Å². The van der Waals surface area contributed by atoms with Crippen LogP contribution in [0.25, 0.3) is 0 Å². The van der Waals surface area contributed by atoms with Crippen molar-refractivity contribution in [2.45, 2.75) is 12.8 Å². The van der Waals surface area contributed by atoms with Crippen LogP contribution in [-0.2, 0) is 0 Å². The van der Waals surface area contributed by atoms with E-state index in [1.807, 2.05) is 0 Å². The molecule has 3 amide bonds. The van der Waals surface area contributed by atoms with Crippen LogP contribution in [0.5, 0.6) is 0 Å². The predicted molar refractivity (Wildman–Crippen MR) is 101 cm³/mol. The van der Waals surface area contributed by atoms with Crippen molar-refractivity contribution < 1.29 is 9.59 Å². The third-order valence-corrected chi connectivity index (χ3v) is 5.23. The van der Waals surface area contributed by atoms with Gasteiger partial charge in [-0.3, -0.25) is 15.1 Å². The maximum Gasteiger partial charge on any atom is 0.336 e. The summed E-state index contributed by atoms with van der Waals surface area (Å²) in [6.07, 6.45) is 2.63. The number of nitrogens with one attached hydrogen (secondary N) is 2. The number of urea groups is 1. The molecule has 26 heavy (non-hydrogen) atoms. The Hall–Kier alpha value is -1.83. The number of nitrogens with zero attached hydrogens (tertiary/aromatic N) is 3. The van der Waals surface area contributed by atoms with E-state index in [9.17, 15) is 9.59 Å². The summed E-state index contributed by atoms with van der Waals surface area (Å²) in [6.45, 7) is 7.68. The number of likely N-dealkylation sites (tertiary alicyclic amines) is 1. The molecule has 2 N–H and O–H groups in total. The van der Waals surface area contributed by atoms with Crippen molar-refractivity contribution in [3.05, 3.63) is 34.9 Å². The van der Waals surface area contributed by atoms with Gasteiger partial charge in [0, 0.05) is 49.9 Å². The van der Waals surface area contributed by atoms with Crippen LogP contribution in [0, 0.1) is 0 Å². The molecule has 2 heterocycles. The number of hydrogen-bond donors (Lipinski definition) is 2. The lowest BCUT2D eigenvalue weighted by Gasteiger charge is -2.35. The number of benzene rings is 1. The summed E-state index contributed by atoms with van der Waals surface area (Å²) >= 11 is 5.80. The first kappa shape index (κ1) is 18.9. The molecule has 2 fully saturated rings. The highest BCUT2D eigenvalue weighted by Crippen LogP contribution is 2.10. The van der Waals surface area contributed by atoms with E-state index in [0.717, 1.165) is 26.2 Å². The molecule has 1 aromatic rings. The summed E-state index contributed by atoms with van der Waals surface area (Å²) in [5, 5.41) is 0.563. The number of rotatable bonds is 4. The fraction of sp³-hybridized carbons (Fsp3) is 0.556. The number of amides is 3. The smallest absolute Gasteiger partial charge is 0.321 e. The molecule has 1 aromatic carbocycles. The van der Waals surface area contributed by atoms with Gasteiger partial charge in [-0.2, -0.15) is 0 Å². The molecule has 0 saturated carbocycles. The average molecular weight is 380 g/mol. The third-order valence-electron chi connectivity index (χ3n) is 4.98. The van der Waals surface area contributed by atoms with E-state index in [1.54, 1.807) is 29.2 Å². The summed E-state index contributed by atoms with van der Waals surface area (Å²) < 4.78 is 0. The Morgan fingerprint density at radius 1 is 0.846 bits per heavy atom. The Morgan fingerprint density at radius 2 is 1.42 bits per heavy atom. The molecule has 3 rings (SSSR count). The molecular formula is C18H26ClN5O2. The van der Waals surface area contributed by atoms with Crippen molar-refractivity contribution in [3.63, 3.8) is 0 Å². The molecule has 0 aliphatic carbocycles. The van der Waals surface area contributed by atoms with Gasteiger partial charge in [-0.25, -0.2) is 10.2 Å². The summed E-state index contributed by atoms with van der Waals surface area (Å²) in [4.78, 5) is 30.9. The van der Waals surface area contributed by atoms with Crippen LogP contribution in [0.2, 0.25) is 5.02 Å². The Balaban J connectivity index is 1.35. The van der Waals surface area contributed by atoms with E-state index in [2.05, 4.69) is 20.7 Å². The van der Waals surface area contributed by atoms with Gasteiger partial charge in [-0.15, -0.1) is 0 Å². The number of piperazine rings is 1. The first-order chi connectivity index (χ1) is 12.6. The van der Waals surface area contributed by atoms with Crippen LogP contribution in [0.3, 0.4) is 0 Å². The SMILES string of the molecule is O=C(NNC(=O)N1CCN(CCN2CCCC2)CC1)c1ccc(Cl)cc1. The molecule has 7 nitrogen and oxygen atoms in total. The fourth-order valence-electron chi connectivity index (χ4n) is 3.33. The van der Waals surface area contributed by atoms with Crippen LogP contribution in [0.15, 0.2) is 24.3 Å². The van der Waals surface area contributed by atoms with Gasteiger partial charge in [0.05, 0.1) is 0 Å². The van der Waals surface area contributed by atoms with Crippen LogP contribution in [0.1, 0.15) is 23.2 Å². The minimum absolute atomic E-state index is 0.272. The van der Waals surface area contributed by atoms with Crippen molar-refractivity contribution in [2.75, 3.05) is 52.4 Å². The fourth-order valence-corrected chi connectivity index (χ4v) is 3.45. The molecule has 0 atom stereocenters. The Bertz CT molecular complexity index is 611. The third kappa shape index (κ3) is 5.33. The summed E-state index contributed by atoms with van der Waals surface area (Å²) in [5.41, 5.74) is 5.38. The maximum atomic E-state index is 12.2. The molecule has 8 heteroatoms. The molecule has 0 aromatic heterocycles. The lowest BCUT2D eigenvalue weighted by Crippen LogP contribution is -2.55. The highest BCUT2D eigenvalue weighted by atomic mass is 35.5. The average Bonchev–Trinajstić information content (AvgIpc) is 3.19. The van der Waals surface area contributed by atoms with Gasteiger partial charge < -0.3 is 9.80 Å². The Morgan fingerprint density at radius 3 is 2.04 bits per heavy atom. The summed E-state index contributed by atoms with van der Waals surface area (Å²) in [7, 11) is 0. The normalized spacial score (nSPS) is 18.7. The van der Waals surface area contributed by atoms with Crippen LogP contribution in [-0.4, -0.2) is 79.0 Å². The lowest BCUT2D eigenvalue weighted by molar-refractivity contribution is 0.0918. The number of hydrogen-bond acceptors (Lipinski definition) is 4. The molecule has 142 valence electrons. The second-order valence-corrected chi connectivity index (χ2v) is 7.21. The van der Waals surface area contributed by atoms with Crippen LogP contribution >= 0.6 is 11.6 Å². The number of halogens is 1. The van der Waals surface area contributed by atoms with E-state index < -0.39 is 0 Å². The lowest BCUT2D eigenvalue weighted by atomic mass is 10.2. The van der Waals surface area contributed by atoms with E-state index in [1.165, 1.54) is 25.9 Å². The largest absolute Gasteiger partial charge is 0.336 e. The predicted octanol–water partition coefficient (Wildman–Crippen LogP) is 1.41. The van der Waals surface area contributed by atoms with E-state index in [-0.39, 0.29) is 11.9 Å². The minimum Gasteiger partial charge on any atom is -0.321 e. The van der Waals surface area contributed by atoms with Gasteiger partial charge in [-0.05, 0) is 50.2 Å². The zero-order chi connectivity index (χ0) is 18.4. The molecule has 0 spiro atoms. The molecule has 0 bridgehead atoms. The highest BCUT2D eigenvalue weighted by Gasteiger charge is 2.22. The zero-order valence-corrected chi connectivity index (χ0v) is 15.7. The number of hydrazine groups is 1. The second kappa shape index (κ2) is 9.21. The van der Waals surface area contributed by atoms with Crippen molar-refractivity contribution in [1.82, 2.24) is 25.6 Å². The molecule has 2 saturated heterocycles. The summed E-state index contributed by atoms with van der Waals surface area (Å²) in [5.74, 6) is -0.362. The Labute approximate surface area is 159 Å². The molecule has 2 aliphatic heterocycles. The first-order valence-electron chi connectivity index (χ1n) is 9.17. The van der Waals surface area contributed by atoms with Crippen molar-refractivity contribution in [1.29, 1.82) is 0 Å². The monoisotopic (exact) mass is 379 g/mol. The topological polar surface area (TPSA) is 67.9 Å². The standard InChI is InChI=1S/C18H26ClN5O2/c19-16-5-3-15(4-6-16)17(25)20-21-18(26)24-13-11-23(12-14-24)10-9-22-7-1-2-8-22/h3-6H,1-2,7-14H2,(H,20,25)(H,21,26). The van der Waals surface area contributed by atoms with Crippen molar-refractivity contribution in [2.24, 2.45) is 0 Å². The summed E-state index contributed by atoms with van der Waals surface area (Å²) in [6, 6.07) is 6.23. The first-order valence-corrected chi connectivity index (χ1v) is 9.55. The Kier molecular flexibility index (Phi) is 6.71. The molecular weight excluding hydrogens is 354 g/mol. The van der Waals surface area contributed by atoms with Gasteiger partial charge >= 0.3 is 6.03 Å². The zero-order valence-electron chi connectivity index (χ0n) is 14.9. The van der Waals surface area contributed by atoms with Crippen molar-refractivity contribution >= 4 is 23.5 Å². The minimum atomic E-state index is -0.362. The second-order valence-electron chi connectivity index (χ2n) is 6.77. The molecule has 0 radical (unpaired) electrons. The van der Waals surface area contributed by atoms with Gasteiger partial charge in [-0.1, -0.05) is 11.6 Å². The molecule has 0 unspecified atom stereocenters. The van der Waals surface area contributed by atoms with Crippen molar-refractivity contribution in [3.8, 4) is 0 Å². The molecule has 2 aliphatic rings.